The number of esters is 1. The molecule has 0 saturated heterocycles. The monoisotopic (exact) mass is 494 g/mol. The number of benzene rings is 2. The first-order valence-corrected chi connectivity index (χ1v) is 10.7. The van der Waals surface area contributed by atoms with E-state index in [1.165, 1.54) is 31.4 Å². The minimum atomic E-state index is -4.82. The molecule has 0 bridgehead atoms. The van der Waals surface area contributed by atoms with E-state index in [2.05, 4.69) is 14.8 Å². The number of rotatable bonds is 9. The Labute approximate surface area is 186 Å². The van der Waals surface area contributed by atoms with Crippen LogP contribution >= 0.6 is 11.6 Å². The highest BCUT2D eigenvalue weighted by molar-refractivity contribution is 7.89. The Hall–Kier alpha value is -2.83. The number of carbonyl (C=O) groups is 2. The summed E-state index contributed by atoms with van der Waals surface area (Å²) in [7, 11) is -3.07. The van der Waals surface area contributed by atoms with Gasteiger partial charge in [0, 0.05) is 18.7 Å². The molecule has 0 fully saturated rings. The zero-order valence-corrected chi connectivity index (χ0v) is 18.1. The summed E-state index contributed by atoms with van der Waals surface area (Å²) in [5.41, 5.74) is -0.894. The second kappa shape index (κ2) is 10.7. The fourth-order valence-corrected chi connectivity index (χ4v) is 3.61. The van der Waals surface area contributed by atoms with Crippen molar-refractivity contribution in [2.75, 3.05) is 25.6 Å². The summed E-state index contributed by atoms with van der Waals surface area (Å²) in [6, 6.07) is 8.20. The summed E-state index contributed by atoms with van der Waals surface area (Å²) in [5.74, 6) is -0.733. The Balaban J connectivity index is 1.89. The predicted octanol–water partition coefficient (Wildman–Crippen LogP) is 3.22. The number of hydrogen-bond donors (Lipinski definition) is 2. The molecule has 0 aliphatic rings. The first-order valence-electron chi connectivity index (χ1n) is 8.88. The van der Waals surface area contributed by atoms with Crippen LogP contribution in [0.5, 0.6) is 5.75 Å². The van der Waals surface area contributed by atoms with Crippen LogP contribution in [0.2, 0.25) is 5.02 Å². The molecule has 0 aliphatic heterocycles. The quantitative estimate of drug-likeness (QED) is 0.518. The molecule has 0 saturated carbocycles. The molecule has 13 heteroatoms. The SMILES string of the molecule is COC(=O)COc1ccc(NC(=O)CCNS(=O)(=O)c2ccc(Cl)c(C(F)(F)F)c2)cc1. The van der Waals surface area contributed by atoms with Crippen molar-refractivity contribution in [2.45, 2.75) is 17.5 Å². The van der Waals surface area contributed by atoms with Crippen molar-refractivity contribution in [2.24, 2.45) is 0 Å². The van der Waals surface area contributed by atoms with Crippen molar-refractivity contribution in [3.63, 3.8) is 0 Å². The highest BCUT2D eigenvalue weighted by atomic mass is 35.5. The largest absolute Gasteiger partial charge is 0.482 e. The van der Waals surface area contributed by atoms with Crippen molar-refractivity contribution < 1.29 is 40.7 Å². The van der Waals surface area contributed by atoms with Crippen LogP contribution < -0.4 is 14.8 Å². The lowest BCUT2D eigenvalue weighted by Crippen LogP contribution is -2.28. The zero-order chi connectivity index (χ0) is 23.9. The Morgan fingerprint density at radius 3 is 2.34 bits per heavy atom. The van der Waals surface area contributed by atoms with Crippen molar-refractivity contribution in [1.82, 2.24) is 4.72 Å². The second-order valence-electron chi connectivity index (χ2n) is 6.22. The molecule has 0 radical (unpaired) electrons. The Morgan fingerprint density at radius 2 is 1.75 bits per heavy atom. The normalized spacial score (nSPS) is 11.7. The van der Waals surface area contributed by atoms with E-state index in [4.69, 9.17) is 16.3 Å². The number of carbonyl (C=O) groups excluding carboxylic acids is 2. The van der Waals surface area contributed by atoms with Gasteiger partial charge in [0.1, 0.15) is 5.75 Å². The Morgan fingerprint density at radius 1 is 1.09 bits per heavy atom. The average molecular weight is 495 g/mol. The van der Waals surface area contributed by atoms with Crippen LogP contribution in [0.15, 0.2) is 47.4 Å². The van der Waals surface area contributed by atoms with Crippen molar-refractivity contribution >= 4 is 39.2 Å². The second-order valence-corrected chi connectivity index (χ2v) is 8.40. The number of nitrogens with one attached hydrogen (secondary N) is 2. The number of anilines is 1. The Kier molecular flexibility index (Phi) is 8.47. The summed E-state index contributed by atoms with van der Waals surface area (Å²) < 4.78 is 74.9. The molecule has 1 amide bonds. The first kappa shape index (κ1) is 25.4. The molecule has 174 valence electrons. The van der Waals surface area contributed by atoms with Gasteiger partial charge in [-0.15, -0.1) is 0 Å². The molecule has 0 heterocycles. The number of amides is 1. The van der Waals surface area contributed by atoms with Crippen LogP contribution in [0.4, 0.5) is 18.9 Å². The number of methoxy groups -OCH3 is 1. The van der Waals surface area contributed by atoms with Gasteiger partial charge in [0.2, 0.25) is 15.9 Å². The summed E-state index contributed by atoms with van der Waals surface area (Å²) >= 11 is 5.49. The van der Waals surface area contributed by atoms with Crippen LogP contribution in [0.25, 0.3) is 0 Å². The van der Waals surface area contributed by atoms with Gasteiger partial charge in [-0.05, 0) is 42.5 Å². The van der Waals surface area contributed by atoms with Gasteiger partial charge in [0.25, 0.3) is 0 Å². The summed E-state index contributed by atoms with van der Waals surface area (Å²) in [6.07, 6.45) is -5.10. The predicted molar refractivity (Wildman–Crippen MR) is 109 cm³/mol. The smallest absolute Gasteiger partial charge is 0.417 e. The van der Waals surface area contributed by atoms with E-state index in [-0.39, 0.29) is 19.6 Å². The third kappa shape index (κ3) is 7.39. The molecule has 2 N–H and O–H groups in total. The molecule has 0 aromatic heterocycles. The Bertz CT molecular complexity index is 1080. The van der Waals surface area contributed by atoms with E-state index in [1.54, 1.807) is 0 Å². The van der Waals surface area contributed by atoms with E-state index >= 15 is 0 Å². The van der Waals surface area contributed by atoms with Crippen molar-refractivity contribution in [3.05, 3.63) is 53.1 Å². The van der Waals surface area contributed by atoms with Crippen LogP contribution in [-0.4, -0.2) is 40.6 Å². The van der Waals surface area contributed by atoms with Crippen LogP contribution in [0.3, 0.4) is 0 Å². The lowest BCUT2D eigenvalue weighted by molar-refractivity contribution is -0.143. The lowest BCUT2D eigenvalue weighted by atomic mass is 10.2. The molecule has 8 nitrogen and oxygen atoms in total. The molecule has 0 aliphatic carbocycles. The lowest BCUT2D eigenvalue weighted by Gasteiger charge is -2.12. The summed E-state index contributed by atoms with van der Waals surface area (Å²) in [4.78, 5) is 22.4. The molecule has 32 heavy (non-hydrogen) atoms. The maximum atomic E-state index is 12.9. The topological polar surface area (TPSA) is 111 Å². The first-order chi connectivity index (χ1) is 14.9. The third-order valence-electron chi connectivity index (χ3n) is 3.92. The standard InChI is InChI=1S/C19H18ClF3N2O6S/c1-30-18(27)11-31-13-4-2-12(3-5-13)25-17(26)8-9-24-32(28,29)14-6-7-16(20)15(10-14)19(21,22)23/h2-7,10,24H,8-9,11H2,1H3,(H,25,26). The molecular weight excluding hydrogens is 477 g/mol. The van der Waals surface area contributed by atoms with Gasteiger partial charge in [-0.2, -0.15) is 13.2 Å². The van der Waals surface area contributed by atoms with Crippen molar-refractivity contribution in [1.29, 1.82) is 0 Å². The fourth-order valence-electron chi connectivity index (χ4n) is 2.33. The molecule has 0 spiro atoms. The maximum Gasteiger partial charge on any atom is 0.417 e. The molecule has 2 rings (SSSR count). The number of alkyl halides is 3. The summed E-state index contributed by atoms with van der Waals surface area (Å²) in [6.45, 7) is -0.626. The van der Waals surface area contributed by atoms with Gasteiger partial charge in [-0.1, -0.05) is 11.6 Å². The van der Waals surface area contributed by atoms with Gasteiger partial charge < -0.3 is 14.8 Å². The molecule has 0 unspecified atom stereocenters. The minimum absolute atomic E-state index is 0.277. The molecule has 2 aromatic rings. The van der Waals surface area contributed by atoms with E-state index in [9.17, 15) is 31.2 Å². The third-order valence-corrected chi connectivity index (χ3v) is 5.71. The van der Waals surface area contributed by atoms with E-state index in [0.717, 1.165) is 12.1 Å². The van der Waals surface area contributed by atoms with Gasteiger partial charge in [0.15, 0.2) is 6.61 Å². The number of hydrogen-bond acceptors (Lipinski definition) is 6. The van der Waals surface area contributed by atoms with Crippen LogP contribution in [0, 0.1) is 0 Å². The van der Waals surface area contributed by atoms with Crippen LogP contribution in [-0.2, 0) is 30.5 Å². The molecule has 2 aromatic carbocycles. The number of sulfonamides is 1. The highest BCUT2D eigenvalue weighted by Crippen LogP contribution is 2.35. The fraction of sp³-hybridized carbons (Fsp3) is 0.263. The zero-order valence-electron chi connectivity index (χ0n) is 16.5. The van der Waals surface area contributed by atoms with E-state index in [0.29, 0.717) is 17.5 Å². The minimum Gasteiger partial charge on any atom is -0.482 e. The number of halogens is 4. The van der Waals surface area contributed by atoms with Gasteiger partial charge in [-0.3, -0.25) is 4.79 Å². The van der Waals surface area contributed by atoms with Gasteiger partial charge >= 0.3 is 12.1 Å². The van der Waals surface area contributed by atoms with Crippen molar-refractivity contribution in [3.8, 4) is 5.75 Å². The van der Waals surface area contributed by atoms with Crippen LogP contribution in [0.1, 0.15) is 12.0 Å². The molecule has 0 atom stereocenters. The average Bonchev–Trinajstić information content (AvgIpc) is 2.72. The molecular formula is C19H18ClF3N2O6S. The maximum absolute atomic E-state index is 12.9. The van der Waals surface area contributed by atoms with E-state index in [1.807, 2.05) is 0 Å². The van der Waals surface area contributed by atoms with Gasteiger partial charge in [-0.25, -0.2) is 17.9 Å². The highest BCUT2D eigenvalue weighted by Gasteiger charge is 2.34. The number of ether oxygens (including phenoxy) is 2. The summed E-state index contributed by atoms with van der Waals surface area (Å²) in [5, 5.41) is 1.89. The van der Waals surface area contributed by atoms with Gasteiger partial charge in [0.05, 0.1) is 22.6 Å². The van der Waals surface area contributed by atoms with E-state index < -0.39 is 43.6 Å².